The fraction of sp³-hybridized carbons (Fsp3) is 0.389. The van der Waals surface area contributed by atoms with Crippen molar-refractivity contribution >= 4 is 27.1 Å². The van der Waals surface area contributed by atoms with Gasteiger partial charge in [-0.3, -0.25) is 4.79 Å². The SMILES string of the molecule is Cc1ccc(S(=O)(=O)CCC(=O)N2CCCC2c2cccs2)cc1. The highest BCUT2D eigenvalue weighted by Crippen LogP contribution is 2.34. The van der Waals surface area contributed by atoms with E-state index in [0.29, 0.717) is 6.54 Å². The second-order valence-corrected chi connectivity index (χ2v) is 9.23. The molecule has 6 heteroatoms. The Balaban J connectivity index is 1.65. The van der Waals surface area contributed by atoms with Crippen LogP contribution in [0.15, 0.2) is 46.7 Å². The van der Waals surface area contributed by atoms with Crippen LogP contribution < -0.4 is 0 Å². The summed E-state index contributed by atoms with van der Waals surface area (Å²) in [6, 6.07) is 10.9. The molecule has 3 rings (SSSR count). The van der Waals surface area contributed by atoms with Crippen LogP contribution >= 0.6 is 11.3 Å². The molecule has 0 bridgehead atoms. The van der Waals surface area contributed by atoms with Crippen LogP contribution in [-0.2, 0) is 14.6 Å². The molecule has 4 nitrogen and oxygen atoms in total. The van der Waals surface area contributed by atoms with Gasteiger partial charge in [-0.15, -0.1) is 11.3 Å². The molecule has 1 fully saturated rings. The minimum absolute atomic E-state index is 0.0398. The molecule has 0 aliphatic carbocycles. The van der Waals surface area contributed by atoms with Crippen LogP contribution in [0.25, 0.3) is 0 Å². The number of hydrogen-bond acceptors (Lipinski definition) is 4. The van der Waals surface area contributed by atoms with Gasteiger partial charge in [-0.05, 0) is 43.3 Å². The zero-order valence-corrected chi connectivity index (χ0v) is 15.3. The Kier molecular flexibility index (Phi) is 5.06. The Morgan fingerprint density at radius 2 is 2.00 bits per heavy atom. The van der Waals surface area contributed by atoms with Gasteiger partial charge in [0.15, 0.2) is 9.84 Å². The normalized spacial score (nSPS) is 18.0. The Labute approximate surface area is 147 Å². The van der Waals surface area contributed by atoms with Crippen molar-refractivity contribution in [1.82, 2.24) is 4.90 Å². The Hall–Kier alpha value is -1.66. The van der Waals surface area contributed by atoms with E-state index in [4.69, 9.17) is 0 Å². The summed E-state index contributed by atoms with van der Waals surface area (Å²) in [4.78, 5) is 15.9. The van der Waals surface area contributed by atoms with E-state index in [1.807, 2.05) is 29.3 Å². The summed E-state index contributed by atoms with van der Waals surface area (Å²) < 4.78 is 24.8. The molecule has 0 radical (unpaired) electrons. The van der Waals surface area contributed by atoms with Crippen LogP contribution in [0.2, 0.25) is 0 Å². The lowest BCUT2D eigenvalue weighted by Gasteiger charge is -2.24. The molecule has 24 heavy (non-hydrogen) atoms. The van der Waals surface area contributed by atoms with Gasteiger partial charge in [0.2, 0.25) is 5.91 Å². The van der Waals surface area contributed by atoms with Gasteiger partial charge >= 0.3 is 0 Å². The third-order valence-corrected chi connectivity index (χ3v) is 7.12. The first-order valence-corrected chi connectivity index (χ1v) is 10.6. The maximum Gasteiger partial charge on any atom is 0.224 e. The predicted octanol–water partition coefficient (Wildman–Crippen LogP) is 3.58. The van der Waals surface area contributed by atoms with Crippen LogP contribution in [0.5, 0.6) is 0 Å². The van der Waals surface area contributed by atoms with Crippen molar-refractivity contribution in [2.75, 3.05) is 12.3 Å². The summed E-state index contributed by atoms with van der Waals surface area (Å²) in [6.45, 7) is 2.63. The molecule has 1 amide bonds. The van der Waals surface area contributed by atoms with Gasteiger partial charge in [0, 0.05) is 17.8 Å². The molecule has 1 aromatic heterocycles. The quantitative estimate of drug-likeness (QED) is 0.816. The number of aryl methyl sites for hydroxylation is 1. The lowest BCUT2D eigenvalue weighted by molar-refractivity contribution is -0.131. The molecule has 1 aromatic carbocycles. The second-order valence-electron chi connectivity index (χ2n) is 6.14. The Morgan fingerprint density at radius 3 is 2.67 bits per heavy atom. The van der Waals surface area contributed by atoms with Gasteiger partial charge in [0.25, 0.3) is 0 Å². The van der Waals surface area contributed by atoms with Crippen molar-refractivity contribution in [3.63, 3.8) is 0 Å². The molecule has 1 atom stereocenters. The Morgan fingerprint density at radius 1 is 1.25 bits per heavy atom. The van der Waals surface area contributed by atoms with E-state index in [-0.39, 0.29) is 29.0 Å². The largest absolute Gasteiger partial charge is 0.335 e. The molecule has 0 spiro atoms. The fourth-order valence-electron chi connectivity index (χ4n) is 3.07. The summed E-state index contributed by atoms with van der Waals surface area (Å²) in [7, 11) is -3.42. The first kappa shape index (κ1) is 17.2. The van der Waals surface area contributed by atoms with Crippen molar-refractivity contribution in [1.29, 1.82) is 0 Å². The summed E-state index contributed by atoms with van der Waals surface area (Å²) in [6.07, 6.45) is 1.97. The van der Waals surface area contributed by atoms with Crippen LogP contribution in [0.4, 0.5) is 0 Å². The number of likely N-dealkylation sites (tertiary alicyclic amines) is 1. The third-order valence-electron chi connectivity index (χ3n) is 4.41. The van der Waals surface area contributed by atoms with E-state index < -0.39 is 9.84 Å². The molecule has 2 heterocycles. The first-order chi connectivity index (χ1) is 11.5. The number of sulfone groups is 1. The zero-order chi connectivity index (χ0) is 17.2. The number of hydrogen-bond donors (Lipinski definition) is 0. The van der Waals surface area contributed by atoms with Gasteiger partial charge in [0.1, 0.15) is 0 Å². The number of carbonyl (C=O) groups excluding carboxylic acids is 1. The minimum atomic E-state index is -3.42. The van der Waals surface area contributed by atoms with E-state index in [0.717, 1.165) is 18.4 Å². The van der Waals surface area contributed by atoms with Crippen molar-refractivity contribution in [3.8, 4) is 0 Å². The number of amides is 1. The van der Waals surface area contributed by atoms with Gasteiger partial charge in [-0.25, -0.2) is 8.42 Å². The van der Waals surface area contributed by atoms with E-state index in [9.17, 15) is 13.2 Å². The van der Waals surface area contributed by atoms with Crippen LogP contribution in [-0.4, -0.2) is 31.5 Å². The maximum absolute atomic E-state index is 12.5. The molecular weight excluding hydrogens is 342 g/mol. The molecule has 1 unspecified atom stereocenters. The molecule has 2 aromatic rings. The summed E-state index contributed by atoms with van der Waals surface area (Å²) in [5.41, 5.74) is 1.01. The standard InChI is InChI=1S/C18H21NO3S2/c1-14-6-8-15(9-7-14)24(21,22)13-10-18(20)19-11-2-4-16(19)17-5-3-12-23-17/h3,5-9,12,16H,2,4,10-11,13H2,1H3. The van der Waals surface area contributed by atoms with Crippen LogP contribution in [0.1, 0.15) is 35.7 Å². The summed E-state index contributed by atoms with van der Waals surface area (Å²) in [5.74, 6) is -0.204. The average Bonchev–Trinajstić information content (AvgIpc) is 3.23. The number of rotatable bonds is 5. The molecule has 1 aliphatic heterocycles. The second kappa shape index (κ2) is 7.07. The van der Waals surface area contributed by atoms with Gasteiger partial charge < -0.3 is 4.90 Å². The summed E-state index contributed by atoms with van der Waals surface area (Å²) in [5, 5.41) is 2.01. The minimum Gasteiger partial charge on any atom is -0.335 e. The third kappa shape index (κ3) is 3.70. The van der Waals surface area contributed by atoms with Gasteiger partial charge in [0.05, 0.1) is 16.7 Å². The van der Waals surface area contributed by atoms with Crippen molar-refractivity contribution in [3.05, 3.63) is 52.2 Å². The lowest BCUT2D eigenvalue weighted by Crippen LogP contribution is -2.31. The maximum atomic E-state index is 12.5. The smallest absolute Gasteiger partial charge is 0.224 e. The van der Waals surface area contributed by atoms with Crippen LogP contribution in [0.3, 0.4) is 0 Å². The Bertz CT molecular complexity index is 795. The highest BCUT2D eigenvalue weighted by Gasteiger charge is 2.31. The first-order valence-electron chi connectivity index (χ1n) is 8.10. The van der Waals surface area contributed by atoms with E-state index in [2.05, 4.69) is 0 Å². The number of nitrogens with zero attached hydrogens (tertiary/aromatic N) is 1. The summed E-state index contributed by atoms with van der Waals surface area (Å²) >= 11 is 1.65. The molecule has 0 saturated carbocycles. The molecule has 128 valence electrons. The van der Waals surface area contributed by atoms with E-state index in [1.54, 1.807) is 35.6 Å². The number of thiophene rings is 1. The molecule has 1 aliphatic rings. The zero-order valence-electron chi connectivity index (χ0n) is 13.6. The monoisotopic (exact) mass is 363 g/mol. The average molecular weight is 364 g/mol. The van der Waals surface area contributed by atoms with Gasteiger partial charge in [-0.2, -0.15) is 0 Å². The topological polar surface area (TPSA) is 54.5 Å². The predicted molar refractivity (Wildman–Crippen MR) is 95.9 cm³/mol. The van der Waals surface area contributed by atoms with Gasteiger partial charge in [-0.1, -0.05) is 23.8 Å². The van der Waals surface area contributed by atoms with Crippen molar-refractivity contribution in [2.24, 2.45) is 0 Å². The highest BCUT2D eigenvalue weighted by molar-refractivity contribution is 7.91. The van der Waals surface area contributed by atoms with Crippen molar-refractivity contribution in [2.45, 2.75) is 37.1 Å². The number of benzene rings is 1. The van der Waals surface area contributed by atoms with E-state index >= 15 is 0 Å². The van der Waals surface area contributed by atoms with Crippen LogP contribution in [0, 0.1) is 6.92 Å². The highest BCUT2D eigenvalue weighted by atomic mass is 32.2. The van der Waals surface area contributed by atoms with Crippen molar-refractivity contribution < 1.29 is 13.2 Å². The molecular formula is C18H21NO3S2. The molecule has 1 saturated heterocycles. The number of carbonyl (C=O) groups is 1. The molecule has 0 N–H and O–H groups in total. The lowest BCUT2D eigenvalue weighted by atomic mass is 10.2. The fourth-order valence-corrected chi connectivity index (χ4v) is 5.17. The van der Waals surface area contributed by atoms with E-state index in [1.165, 1.54) is 4.88 Å².